The first kappa shape index (κ1) is 14.5. The quantitative estimate of drug-likeness (QED) is 0.766. The van der Waals surface area contributed by atoms with Gasteiger partial charge in [0.15, 0.2) is 0 Å². The van der Waals surface area contributed by atoms with Crippen molar-refractivity contribution < 1.29 is 9.90 Å². The number of aryl methyl sites for hydroxylation is 1. The Hall–Kier alpha value is -1.55. The standard InChI is InChI=1S/C14H22N2O2/c1-9-6-5-7-13(11(9)3)12(4)16-14(18)15-10(2)8-17/h5-7,10,12,17H,8H2,1-4H3,(H2,15,16,18)/t10-,12+/m1/s1. The van der Waals surface area contributed by atoms with E-state index in [1.807, 2.05) is 19.1 Å². The van der Waals surface area contributed by atoms with Crippen LogP contribution in [-0.2, 0) is 0 Å². The Balaban J connectivity index is 2.68. The van der Waals surface area contributed by atoms with E-state index >= 15 is 0 Å². The van der Waals surface area contributed by atoms with Gasteiger partial charge in [0.05, 0.1) is 18.7 Å². The van der Waals surface area contributed by atoms with E-state index in [0.29, 0.717) is 0 Å². The Labute approximate surface area is 108 Å². The number of amides is 2. The van der Waals surface area contributed by atoms with Gasteiger partial charge in [0.25, 0.3) is 0 Å². The first-order valence-corrected chi connectivity index (χ1v) is 6.19. The fourth-order valence-electron chi connectivity index (χ4n) is 1.83. The van der Waals surface area contributed by atoms with E-state index in [2.05, 4.69) is 30.5 Å². The van der Waals surface area contributed by atoms with Gasteiger partial charge in [-0.15, -0.1) is 0 Å². The van der Waals surface area contributed by atoms with Gasteiger partial charge >= 0.3 is 6.03 Å². The van der Waals surface area contributed by atoms with Crippen molar-refractivity contribution in [2.24, 2.45) is 0 Å². The summed E-state index contributed by atoms with van der Waals surface area (Å²) in [5.74, 6) is 0. The molecule has 0 spiro atoms. The second kappa shape index (κ2) is 6.40. The van der Waals surface area contributed by atoms with Gasteiger partial charge in [0, 0.05) is 0 Å². The first-order valence-electron chi connectivity index (χ1n) is 6.19. The van der Waals surface area contributed by atoms with Crippen molar-refractivity contribution in [1.29, 1.82) is 0 Å². The van der Waals surface area contributed by atoms with Crippen molar-refractivity contribution in [3.63, 3.8) is 0 Å². The molecule has 4 heteroatoms. The van der Waals surface area contributed by atoms with Crippen LogP contribution in [0.4, 0.5) is 4.79 Å². The van der Waals surface area contributed by atoms with Crippen molar-refractivity contribution in [2.75, 3.05) is 6.61 Å². The zero-order chi connectivity index (χ0) is 13.7. The minimum atomic E-state index is -0.259. The van der Waals surface area contributed by atoms with Crippen LogP contribution in [0.15, 0.2) is 18.2 Å². The van der Waals surface area contributed by atoms with Crippen molar-refractivity contribution in [3.05, 3.63) is 34.9 Å². The number of nitrogens with one attached hydrogen (secondary N) is 2. The highest BCUT2D eigenvalue weighted by molar-refractivity contribution is 5.74. The minimum absolute atomic E-state index is 0.0595. The summed E-state index contributed by atoms with van der Waals surface area (Å²) in [6, 6.07) is 5.50. The molecule has 3 N–H and O–H groups in total. The molecule has 2 atom stereocenters. The zero-order valence-corrected chi connectivity index (χ0v) is 11.4. The number of benzene rings is 1. The highest BCUT2D eigenvalue weighted by Crippen LogP contribution is 2.19. The van der Waals surface area contributed by atoms with Crippen molar-refractivity contribution in [2.45, 2.75) is 39.8 Å². The van der Waals surface area contributed by atoms with Gasteiger partial charge in [-0.1, -0.05) is 18.2 Å². The summed E-state index contributed by atoms with van der Waals surface area (Å²) in [6.45, 7) is 7.75. The van der Waals surface area contributed by atoms with E-state index < -0.39 is 0 Å². The predicted octanol–water partition coefficient (Wildman–Crippen LogP) is 2.04. The zero-order valence-electron chi connectivity index (χ0n) is 11.4. The number of hydrogen-bond donors (Lipinski definition) is 3. The monoisotopic (exact) mass is 250 g/mol. The SMILES string of the molecule is Cc1cccc([C@H](C)NC(=O)N[C@H](C)CO)c1C. The number of hydrogen-bond acceptors (Lipinski definition) is 2. The third kappa shape index (κ3) is 3.74. The highest BCUT2D eigenvalue weighted by Gasteiger charge is 2.13. The number of aliphatic hydroxyl groups is 1. The van der Waals surface area contributed by atoms with Crippen molar-refractivity contribution >= 4 is 6.03 Å². The van der Waals surface area contributed by atoms with Crippen LogP contribution in [0, 0.1) is 13.8 Å². The summed E-state index contributed by atoms with van der Waals surface area (Å²) in [4.78, 5) is 11.7. The molecule has 0 heterocycles. The lowest BCUT2D eigenvalue weighted by molar-refractivity contribution is 0.218. The van der Waals surface area contributed by atoms with E-state index in [4.69, 9.17) is 5.11 Å². The van der Waals surface area contributed by atoms with Crippen LogP contribution in [0.1, 0.15) is 36.6 Å². The van der Waals surface area contributed by atoms with Gasteiger partial charge < -0.3 is 15.7 Å². The van der Waals surface area contributed by atoms with Gasteiger partial charge in [-0.05, 0) is 44.4 Å². The fourth-order valence-corrected chi connectivity index (χ4v) is 1.83. The molecule has 0 saturated carbocycles. The molecular weight excluding hydrogens is 228 g/mol. The average Bonchev–Trinajstić information content (AvgIpc) is 2.32. The minimum Gasteiger partial charge on any atom is -0.394 e. The molecule has 0 fully saturated rings. The molecule has 0 aromatic heterocycles. The first-order chi connectivity index (χ1) is 8.45. The molecule has 0 aliphatic carbocycles. The number of urea groups is 1. The van der Waals surface area contributed by atoms with E-state index in [-0.39, 0.29) is 24.7 Å². The van der Waals surface area contributed by atoms with Crippen LogP contribution in [0.2, 0.25) is 0 Å². The van der Waals surface area contributed by atoms with Gasteiger partial charge in [0.2, 0.25) is 0 Å². The van der Waals surface area contributed by atoms with Crippen LogP contribution in [-0.4, -0.2) is 23.8 Å². The number of rotatable bonds is 4. The van der Waals surface area contributed by atoms with E-state index in [0.717, 1.165) is 5.56 Å². The molecule has 0 saturated heterocycles. The normalized spacial score (nSPS) is 13.8. The van der Waals surface area contributed by atoms with Crippen LogP contribution < -0.4 is 10.6 Å². The lowest BCUT2D eigenvalue weighted by Gasteiger charge is -2.19. The van der Waals surface area contributed by atoms with E-state index in [1.54, 1.807) is 6.92 Å². The maximum atomic E-state index is 11.7. The highest BCUT2D eigenvalue weighted by atomic mass is 16.3. The summed E-state index contributed by atoms with van der Waals surface area (Å²) in [7, 11) is 0. The molecule has 1 aromatic rings. The topological polar surface area (TPSA) is 61.4 Å². The van der Waals surface area contributed by atoms with Crippen LogP contribution in [0.5, 0.6) is 0 Å². The van der Waals surface area contributed by atoms with Crippen LogP contribution >= 0.6 is 0 Å². The molecule has 0 unspecified atom stereocenters. The summed E-state index contributed by atoms with van der Waals surface area (Å²) in [5, 5.41) is 14.4. The molecule has 0 aliphatic heterocycles. The smallest absolute Gasteiger partial charge is 0.315 e. The van der Waals surface area contributed by atoms with Crippen LogP contribution in [0.25, 0.3) is 0 Å². The maximum Gasteiger partial charge on any atom is 0.315 e. The summed E-state index contributed by atoms with van der Waals surface area (Å²) in [5.41, 5.74) is 3.52. The number of carbonyl (C=O) groups excluding carboxylic acids is 1. The Morgan fingerprint density at radius 3 is 2.56 bits per heavy atom. The van der Waals surface area contributed by atoms with Gasteiger partial charge in [-0.2, -0.15) is 0 Å². The third-order valence-electron chi connectivity index (χ3n) is 3.11. The fraction of sp³-hybridized carbons (Fsp3) is 0.500. The molecule has 0 aliphatic rings. The predicted molar refractivity (Wildman–Crippen MR) is 72.5 cm³/mol. The van der Waals surface area contributed by atoms with Crippen LogP contribution in [0.3, 0.4) is 0 Å². The number of aliphatic hydroxyl groups excluding tert-OH is 1. The Morgan fingerprint density at radius 1 is 1.28 bits per heavy atom. The Morgan fingerprint density at radius 2 is 1.94 bits per heavy atom. The molecular formula is C14H22N2O2. The van der Waals surface area contributed by atoms with Gasteiger partial charge in [0.1, 0.15) is 0 Å². The molecule has 1 aromatic carbocycles. The summed E-state index contributed by atoms with van der Waals surface area (Å²) >= 11 is 0. The molecule has 4 nitrogen and oxygen atoms in total. The van der Waals surface area contributed by atoms with Gasteiger partial charge in [-0.3, -0.25) is 0 Å². The lowest BCUT2D eigenvalue weighted by Crippen LogP contribution is -2.43. The molecule has 0 radical (unpaired) electrons. The largest absolute Gasteiger partial charge is 0.394 e. The molecule has 2 amide bonds. The molecule has 100 valence electrons. The Bertz CT molecular complexity index is 418. The van der Waals surface area contributed by atoms with E-state index in [1.165, 1.54) is 11.1 Å². The van der Waals surface area contributed by atoms with Crippen molar-refractivity contribution in [1.82, 2.24) is 10.6 Å². The maximum absolute atomic E-state index is 11.7. The molecule has 0 bridgehead atoms. The Kier molecular flexibility index (Phi) is 5.16. The second-order valence-electron chi connectivity index (χ2n) is 4.71. The van der Waals surface area contributed by atoms with Crippen molar-refractivity contribution in [3.8, 4) is 0 Å². The summed E-state index contributed by atoms with van der Waals surface area (Å²) in [6.07, 6.45) is 0. The van der Waals surface area contributed by atoms with E-state index in [9.17, 15) is 4.79 Å². The molecule has 18 heavy (non-hydrogen) atoms. The third-order valence-corrected chi connectivity index (χ3v) is 3.11. The average molecular weight is 250 g/mol. The second-order valence-corrected chi connectivity index (χ2v) is 4.71. The lowest BCUT2D eigenvalue weighted by atomic mass is 9.98. The summed E-state index contributed by atoms with van der Waals surface area (Å²) < 4.78 is 0. The molecule has 1 rings (SSSR count). The van der Waals surface area contributed by atoms with Gasteiger partial charge in [-0.25, -0.2) is 4.79 Å². The number of carbonyl (C=O) groups is 1.